The van der Waals surface area contributed by atoms with Gasteiger partial charge in [-0.25, -0.2) is 0 Å². The Morgan fingerprint density at radius 1 is 1.30 bits per heavy atom. The summed E-state index contributed by atoms with van der Waals surface area (Å²) in [6.45, 7) is 2.61. The number of halogens is 1. The van der Waals surface area contributed by atoms with Gasteiger partial charge in [0.1, 0.15) is 6.54 Å². The van der Waals surface area contributed by atoms with Gasteiger partial charge in [-0.3, -0.25) is 14.2 Å². The quantitative estimate of drug-likeness (QED) is 0.782. The van der Waals surface area contributed by atoms with Crippen LogP contribution in [0, 0.1) is 6.92 Å². The molecule has 0 radical (unpaired) electrons. The third kappa shape index (κ3) is 3.78. The van der Waals surface area contributed by atoms with Crippen LogP contribution in [0.5, 0.6) is 0 Å². The van der Waals surface area contributed by atoms with E-state index in [1.807, 2.05) is 48.1 Å². The molecule has 7 heteroatoms. The van der Waals surface area contributed by atoms with E-state index in [-0.39, 0.29) is 12.5 Å². The van der Waals surface area contributed by atoms with Gasteiger partial charge in [0, 0.05) is 18.1 Å². The van der Waals surface area contributed by atoms with Gasteiger partial charge in [-0.2, -0.15) is 10.2 Å². The summed E-state index contributed by atoms with van der Waals surface area (Å²) in [5.41, 5.74) is 2.58. The van der Waals surface area contributed by atoms with Crippen molar-refractivity contribution in [2.75, 3.05) is 5.32 Å². The molecular weight excluding hydrogens is 314 g/mol. The Kier molecular flexibility index (Phi) is 4.43. The number of anilines is 1. The van der Waals surface area contributed by atoms with Gasteiger partial charge in [-0.15, -0.1) is 0 Å². The minimum Gasteiger partial charge on any atom is -0.324 e. The highest BCUT2D eigenvalue weighted by Gasteiger charge is 2.09. The van der Waals surface area contributed by atoms with E-state index < -0.39 is 0 Å². The lowest BCUT2D eigenvalue weighted by Gasteiger charge is -2.09. The molecule has 2 heterocycles. The number of amides is 1. The summed E-state index contributed by atoms with van der Waals surface area (Å²) < 4.78 is 3.40. The van der Waals surface area contributed by atoms with Crippen LogP contribution in [0.25, 0.3) is 0 Å². The van der Waals surface area contributed by atoms with Crippen LogP contribution < -0.4 is 5.32 Å². The Labute approximate surface area is 138 Å². The van der Waals surface area contributed by atoms with Crippen LogP contribution in [0.15, 0.2) is 48.9 Å². The lowest BCUT2D eigenvalue weighted by atomic mass is 10.2. The normalized spacial score (nSPS) is 10.7. The molecule has 0 unspecified atom stereocenters. The maximum atomic E-state index is 12.1. The molecular formula is C16H16ClN5O. The van der Waals surface area contributed by atoms with Crippen molar-refractivity contribution in [1.82, 2.24) is 19.6 Å². The number of benzene rings is 1. The number of hydrogen-bond donors (Lipinski definition) is 1. The second-order valence-electron chi connectivity index (χ2n) is 5.19. The first-order valence-electron chi connectivity index (χ1n) is 7.16. The molecule has 0 spiro atoms. The number of aromatic nitrogens is 4. The van der Waals surface area contributed by atoms with Gasteiger partial charge in [0.15, 0.2) is 0 Å². The first-order chi connectivity index (χ1) is 11.1. The molecule has 0 atom stereocenters. The summed E-state index contributed by atoms with van der Waals surface area (Å²) in [6.07, 6.45) is 5.17. The van der Waals surface area contributed by atoms with Gasteiger partial charge in [0.2, 0.25) is 5.91 Å². The zero-order valence-electron chi connectivity index (χ0n) is 12.6. The molecule has 0 saturated heterocycles. The molecule has 23 heavy (non-hydrogen) atoms. The van der Waals surface area contributed by atoms with E-state index in [0.717, 1.165) is 16.9 Å². The van der Waals surface area contributed by atoms with Crippen molar-refractivity contribution in [2.45, 2.75) is 20.0 Å². The third-order valence-corrected chi connectivity index (χ3v) is 3.82. The van der Waals surface area contributed by atoms with Crippen molar-refractivity contribution in [2.24, 2.45) is 0 Å². The topological polar surface area (TPSA) is 64.7 Å². The maximum Gasteiger partial charge on any atom is 0.246 e. The molecule has 2 aromatic heterocycles. The lowest BCUT2D eigenvalue weighted by molar-refractivity contribution is -0.116. The zero-order chi connectivity index (χ0) is 16.2. The Hall–Kier alpha value is -2.60. The predicted molar refractivity (Wildman–Crippen MR) is 88.4 cm³/mol. The molecule has 6 nitrogen and oxygen atoms in total. The summed E-state index contributed by atoms with van der Waals surface area (Å²) in [5.74, 6) is -0.149. The highest BCUT2D eigenvalue weighted by atomic mass is 35.5. The second-order valence-corrected chi connectivity index (χ2v) is 5.59. The maximum absolute atomic E-state index is 12.1. The summed E-state index contributed by atoms with van der Waals surface area (Å²) in [7, 11) is 0. The summed E-state index contributed by atoms with van der Waals surface area (Å²) >= 11 is 5.94. The number of carbonyl (C=O) groups is 1. The van der Waals surface area contributed by atoms with Gasteiger partial charge in [-0.1, -0.05) is 23.7 Å². The van der Waals surface area contributed by atoms with Crippen molar-refractivity contribution in [3.05, 3.63) is 65.2 Å². The summed E-state index contributed by atoms with van der Waals surface area (Å²) in [6, 6.07) is 9.57. The average Bonchev–Trinajstić information content (AvgIpc) is 3.13. The van der Waals surface area contributed by atoms with Crippen LogP contribution in [0.1, 0.15) is 11.3 Å². The largest absolute Gasteiger partial charge is 0.324 e. The molecule has 0 aliphatic heterocycles. The molecule has 118 valence electrons. The van der Waals surface area contributed by atoms with Gasteiger partial charge < -0.3 is 5.32 Å². The number of hydrogen-bond acceptors (Lipinski definition) is 3. The number of rotatable bonds is 5. The first-order valence-corrected chi connectivity index (χ1v) is 7.54. The number of carbonyl (C=O) groups excluding carboxylic acids is 1. The lowest BCUT2D eigenvalue weighted by Crippen LogP contribution is -2.20. The minimum absolute atomic E-state index is 0.127. The molecule has 3 aromatic rings. The van der Waals surface area contributed by atoms with Gasteiger partial charge >= 0.3 is 0 Å². The first kappa shape index (κ1) is 15.3. The molecule has 1 aromatic carbocycles. The highest BCUT2D eigenvalue weighted by molar-refractivity contribution is 6.31. The Bertz CT molecular complexity index is 810. The van der Waals surface area contributed by atoms with Crippen LogP contribution in [0.3, 0.4) is 0 Å². The SMILES string of the molecule is Cc1c(Cl)cnn1CC(=O)Nc1cccc(Cn2cccn2)c1. The Balaban J connectivity index is 1.65. The summed E-state index contributed by atoms with van der Waals surface area (Å²) in [5, 5.41) is 11.7. The molecule has 0 saturated carbocycles. The highest BCUT2D eigenvalue weighted by Crippen LogP contribution is 2.14. The molecule has 1 N–H and O–H groups in total. The van der Waals surface area contributed by atoms with E-state index in [9.17, 15) is 4.79 Å². The summed E-state index contributed by atoms with van der Waals surface area (Å²) in [4.78, 5) is 12.1. The van der Waals surface area contributed by atoms with Crippen molar-refractivity contribution < 1.29 is 4.79 Å². The van der Waals surface area contributed by atoms with Gasteiger partial charge in [-0.05, 0) is 30.7 Å². The molecule has 0 fully saturated rings. The predicted octanol–water partition coefficient (Wildman–Crippen LogP) is 2.73. The smallest absolute Gasteiger partial charge is 0.246 e. The van der Waals surface area contributed by atoms with E-state index >= 15 is 0 Å². The van der Waals surface area contributed by atoms with Crippen LogP contribution in [0.2, 0.25) is 5.02 Å². The zero-order valence-corrected chi connectivity index (χ0v) is 13.4. The van der Waals surface area contributed by atoms with Crippen molar-refractivity contribution in [3.8, 4) is 0 Å². The average molecular weight is 330 g/mol. The molecule has 0 aliphatic carbocycles. The third-order valence-electron chi connectivity index (χ3n) is 3.45. The van der Waals surface area contributed by atoms with Crippen LogP contribution >= 0.6 is 11.6 Å². The number of nitrogens with zero attached hydrogens (tertiary/aromatic N) is 4. The van der Waals surface area contributed by atoms with Gasteiger partial charge in [0.25, 0.3) is 0 Å². The Morgan fingerprint density at radius 3 is 2.87 bits per heavy atom. The molecule has 0 aliphatic rings. The van der Waals surface area contributed by atoms with E-state index in [1.165, 1.54) is 6.20 Å². The van der Waals surface area contributed by atoms with Crippen molar-refractivity contribution in [1.29, 1.82) is 0 Å². The van der Waals surface area contributed by atoms with Crippen LogP contribution in [-0.2, 0) is 17.9 Å². The number of nitrogens with one attached hydrogen (secondary N) is 1. The fraction of sp³-hybridized carbons (Fsp3) is 0.188. The molecule has 3 rings (SSSR count). The second kappa shape index (κ2) is 6.66. The van der Waals surface area contributed by atoms with Crippen LogP contribution in [0.4, 0.5) is 5.69 Å². The van der Waals surface area contributed by atoms with E-state index in [1.54, 1.807) is 10.9 Å². The van der Waals surface area contributed by atoms with Crippen LogP contribution in [-0.4, -0.2) is 25.5 Å². The van der Waals surface area contributed by atoms with Gasteiger partial charge in [0.05, 0.1) is 23.5 Å². The fourth-order valence-corrected chi connectivity index (χ4v) is 2.39. The molecule has 1 amide bonds. The van der Waals surface area contributed by atoms with E-state index in [0.29, 0.717) is 11.6 Å². The van der Waals surface area contributed by atoms with Crippen molar-refractivity contribution >= 4 is 23.2 Å². The monoisotopic (exact) mass is 329 g/mol. The van der Waals surface area contributed by atoms with E-state index in [4.69, 9.17) is 11.6 Å². The van der Waals surface area contributed by atoms with Crippen molar-refractivity contribution in [3.63, 3.8) is 0 Å². The Morgan fingerprint density at radius 2 is 2.17 bits per heavy atom. The minimum atomic E-state index is -0.149. The molecule has 0 bridgehead atoms. The standard InChI is InChI=1S/C16H16ClN5O/c1-12-15(17)9-19-22(12)11-16(23)20-14-5-2-4-13(8-14)10-21-7-3-6-18-21/h2-9H,10-11H2,1H3,(H,20,23). The fourth-order valence-electron chi connectivity index (χ4n) is 2.25. The van der Waals surface area contributed by atoms with E-state index in [2.05, 4.69) is 15.5 Å².